The topological polar surface area (TPSA) is 96.0 Å². The molecule has 1 atom stereocenters. The zero-order valence-corrected chi connectivity index (χ0v) is 20.7. The first-order chi connectivity index (χ1) is 15.6. The van der Waals surface area contributed by atoms with Crippen LogP contribution in [0.15, 0.2) is 48.5 Å². The number of anilines is 1. The van der Waals surface area contributed by atoms with Crippen LogP contribution in [0.5, 0.6) is 5.75 Å². The number of carbonyl (C=O) groups is 2. The van der Waals surface area contributed by atoms with Crippen molar-refractivity contribution in [3.05, 3.63) is 59.7 Å². The molecule has 180 valence electrons. The van der Waals surface area contributed by atoms with E-state index in [1.807, 2.05) is 19.9 Å². The monoisotopic (exact) mass is 475 g/mol. The van der Waals surface area contributed by atoms with Gasteiger partial charge in [-0.15, -0.1) is 0 Å². The predicted molar refractivity (Wildman–Crippen MR) is 130 cm³/mol. The summed E-state index contributed by atoms with van der Waals surface area (Å²) in [6.45, 7) is 5.56. The van der Waals surface area contributed by atoms with Crippen LogP contribution < -0.4 is 14.4 Å². The molecule has 0 aliphatic rings. The Morgan fingerprint density at radius 2 is 1.79 bits per heavy atom. The van der Waals surface area contributed by atoms with Crippen molar-refractivity contribution in [2.24, 2.45) is 0 Å². The van der Waals surface area contributed by atoms with Crippen LogP contribution >= 0.6 is 0 Å². The second-order valence-electron chi connectivity index (χ2n) is 7.75. The summed E-state index contributed by atoms with van der Waals surface area (Å²) in [5, 5.41) is 2.78. The lowest BCUT2D eigenvalue weighted by molar-refractivity contribution is -0.140. The molecular formula is C24H33N3O5S. The van der Waals surface area contributed by atoms with E-state index >= 15 is 0 Å². The van der Waals surface area contributed by atoms with E-state index in [9.17, 15) is 18.0 Å². The standard InChI is InChI=1S/C24H33N3O5S/c1-6-21(24(29)25-7-2)26(16-19-12-10-13-20(15-19)32-4)23(28)17-27(33(5,30)31)22-14-9-8-11-18(22)3/h8-15,21H,6-7,16-17H2,1-5H3,(H,25,29)/t21-/m0/s1. The quantitative estimate of drug-likeness (QED) is 0.539. The fourth-order valence-corrected chi connectivity index (χ4v) is 4.52. The predicted octanol–water partition coefficient (Wildman–Crippen LogP) is 2.71. The molecule has 0 saturated heterocycles. The van der Waals surface area contributed by atoms with Crippen LogP contribution in [0.1, 0.15) is 31.4 Å². The summed E-state index contributed by atoms with van der Waals surface area (Å²) in [7, 11) is -2.20. The van der Waals surface area contributed by atoms with E-state index in [0.29, 0.717) is 24.4 Å². The van der Waals surface area contributed by atoms with Crippen LogP contribution in [-0.4, -0.2) is 57.6 Å². The molecule has 2 amide bonds. The van der Waals surface area contributed by atoms with Gasteiger partial charge in [0.1, 0.15) is 18.3 Å². The van der Waals surface area contributed by atoms with Crippen LogP contribution in [-0.2, 0) is 26.2 Å². The molecule has 0 saturated carbocycles. The van der Waals surface area contributed by atoms with Crippen molar-refractivity contribution >= 4 is 27.5 Å². The third-order valence-electron chi connectivity index (χ3n) is 5.29. The summed E-state index contributed by atoms with van der Waals surface area (Å²) < 4.78 is 31.6. The number of hydrogen-bond acceptors (Lipinski definition) is 5. The maximum Gasteiger partial charge on any atom is 0.244 e. The first-order valence-corrected chi connectivity index (χ1v) is 12.7. The lowest BCUT2D eigenvalue weighted by Crippen LogP contribution is -2.52. The van der Waals surface area contributed by atoms with Gasteiger partial charge in [0, 0.05) is 13.1 Å². The molecule has 1 N–H and O–H groups in total. The number of amides is 2. The van der Waals surface area contributed by atoms with Gasteiger partial charge in [0.2, 0.25) is 21.8 Å². The highest BCUT2D eigenvalue weighted by Gasteiger charge is 2.31. The highest BCUT2D eigenvalue weighted by Crippen LogP contribution is 2.23. The van der Waals surface area contributed by atoms with E-state index in [-0.39, 0.29) is 12.5 Å². The molecular weight excluding hydrogens is 442 g/mol. The number of carbonyl (C=O) groups excluding carboxylic acids is 2. The molecule has 0 aliphatic heterocycles. The number of nitrogens with zero attached hydrogens (tertiary/aromatic N) is 2. The van der Waals surface area contributed by atoms with E-state index in [1.165, 1.54) is 4.90 Å². The minimum atomic E-state index is -3.75. The number of rotatable bonds is 11. The normalized spacial score (nSPS) is 12.0. The van der Waals surface area contributed by atoms with Gasteiger partial charge < -0.3 is 15.0 Å². The van der Waals surface area contributed by atoms with E-state index < -0.39 is 28.5 Å². The van der Waals surface area contributed by atoms with Crippen LogP contribution in [0.4, 0.5) is 5.69 Å². The van der Waals surface area contributed by atoms with Crippen LogP contribution in [0.25, 0.3) is 0 Å². The zero-order chi connectivity index (χ0) is 24.6. The van der Waals surface area contributed by atoms with Crippen molar-refractivity contribution < 1.29 is 22.7 Å². The average molecular weight is 476 g/mol. The molecule has 0 aromatic heterocycles. The smallest absolute Gasteiger partial charge is 0.244 e. The summed E-state index contributed by atoms with van der Waals surface area (Å²) in [5.41, 5.74) is 1.93. The summed E-state index contributed by atoms with van der Waals surface area (Å²) in [6.07, 6.45) is 1.45. The minimum Gasteiger partial charge on any atom is -0.497 e. The molecule has 0 fully saturated rings. The minimum absolute atomic E-state index is 0.136. The first kappa shape index (κ1) is 26.2. The Morgan fingerprint density at radius 3 is 2.36 bits per heavy atom. The Balaban J connectivity index is 2.46. The molecule has 9 heteroatoms. The largest absolute Gasteiger partial charge is 0.497 e. The van der Waals surface area contributed by atoms with Crippen molar-refractivity contribution in [1.29, 1.82) is 0 Å². The van der Waals surface area contributed by atoms with Gasteiger partial charge >= 0.3 is 0 Å². The second kappa shape index (κ2) is 11.7. The summed E-state index contributed by atoms with van der Waals surface area (Å²) in [4.78, 5) is 27.8. The van der Waals surface area contributed by atoms with Gasteiger partial charge in [0.25, 0.3) is 0 Å². The van der Waals surface area contributed by atoms with Crippen molar-refractivity contribution in [3.63, 3.8) is 0 Å². The number of nitrogens with one attached hydrogen (secondary N) is 1. The molecule has 0 aliphatic carbocycles. The summed E-state index contributed by atoms with van der Waals surface area (Å²) in [6, 6.07) is 13.5. The van der Waals surface area contributed by atoms with Gasteiger partial charge in [-0.3, -0.25) is 13.9 Å². The van der Waals surface area contributed by atoms with Crippen molar-refractivity contribution in [1.82, 2.24) is 10.2 Å². The van der Waals surface area contributed by atoms with Gasteiger partial charge in [-0.1, -0.05) is 37.3 Å². The van der Waals surface area contributed by atoms with E-state index in [4.69, 9.17) is 4.74 Å². The molecule has 0 unspecified atom stereocenters. The zero-order valence-electron chi connectivity index (χ0n) is 19.9. The SMILES string of the molecule is CCNC(=O)[C@H](CC)N(Cc1cccc(OC)c1)C(=O)CN(c1ccccc1C)S(C)(=O)=O. The Hall–Kier alpha value is -3.07. The molecule has 0 radical (unpaired) electrons. The van der Waals surface area contributed by atoms with Gasteiger partial charge in [0.05, 0.1) is 19.1 Å². The van der Waals surface area contributed by atoms with Crippen LogP contribution in [0.3, 0.4) is 0 Å². The molecule has 33 heavy (non-hydrogen) atoms. The molecule has 2 aromatic carbocycles. The highest BCUT2D eigenvalue weighted by atomic mass is 32.2. The Bertz CT molecular complexity index is 1070. The summed E-state index contributed by atoms with van der Waals surface area (Å²) in [5.74, 6) is -0.119. The number of ether oxygens (including phenoxy) is 1. The number of benzene rings is 2. The first-order valence-electron chi connectivity index (χ1n) is 10.9. The molecule has 0 spiro atoms. The molecule has 0 bridgehead atoms. The Kier molecular flexibility index (Phi) is 9.28. The number of para-hydroxylation sites is 1. The van der Waals surface area contributed by atoms with Gasteiger partial charge in [0.15, 0.2) is 0 Å². The third-order valence-corrected chi connectivity index (χ3v) is 6.41. The molecule has 2 rings (SSSR count). The van der Waals surface area contributed by atoms with Gasteiger partial charge in [-0.2, -0.15) is 0 Å². The van der Waals surface area contributed by atoms with E-state index in [1.54, 1.807) is 56.5 Å². The maximum atomic E-state index is 13.6. The van der Waals surface area contributed by atoms with Crippen molar-refractivity contribution in [3.8, 4) is 5.75 Å². The number of sulfonamides is 1. The maximum absolute atomic E-state index is 13.6. The number of methoxy groups -OCH3 is 1. The second-order valence-corrected chi connectivity index (χ2v) is 9.65. The van der Waals surface area contributed by atoms with E-state index in [0.717, 1.165) is 21.7 Å². The Labute approximate surface area is 196 Å². The van der Waals surface area contributed by atoms with Gasteiger partial charge in [-0.05, 0) is 49.6 Å². The molecule has 8 nitrogen and oxygen atoms in total. The summed E-state index contributed by atoms with van der Waals surface area (Å²) >= 11 is 0. The number of hydrogen-bond donors (Lipinski definition) is 1. The fraction of sp³-hybridized carbons (Fsp3) is 0.417. The average Bonchev–Trinajstić information content (AvgIpc) is 2.77. The highest BCUT2D eigenvalue weighted by molar-refractivity contribution is 7.92. The lowest BCUT2D eigenvalue weighted by Gasteiger charge is -2.33. The van der Waals surface area contributed by atoms with Crippen LogP contribution in [0, 0.1) is 6.92 Å². The Morgan fingerprint density at radius 1 is 1.09 bits per heavy atom. The van der Waals surface area contributed by atoms with Gasteiger partial charge in [-0.25, -0.2) is 8.42 Å². The van der Waals surface area contributed by atoms with E-state index in [2.05, 4.69) is 5.32 Å². The fourth-order valence-electron chi connectivity index (χ4n) is 3.62. The third kappa shape index (κ3) is 6.95. The number of aryl methyl sites for hydroxylation is 1. The number of likely N-dealkylation sites (N-methyl/N-ethyl adjacent to an activating group) is 1. The lowest BCUT2D eigenvalue weighted by atomic mass is 10.1. The molecule has 2 aromatic rings. The van der Waals surface area contributed by atoms with Crippen molar-refractivity contribution in [2.75, 3.05) is 30.8 Å². The molecule has 0 heterocycles. The van der Waals surface area contributed by atoms with Crippen molar-refractivity contribution in [2.45, 2.75) is 39.8 Å². The van der Waals surface area contributed by atoms with Crippen LogP contribution in [0.2, 0.25) is 0 Å².